The number of rotatable bonds is 1. The molecule has 1 atom stereocenters. The fourth-order valence-corrected chi connectivity index (χ4v) is 2.65. The molecule has 2 amide bonds. The summed E-state index contributed by atoms with van der Waals surface area (Å²) in [4.78, 5) is 25.2. The van der Waals surface area contributed by atoms with E-state index in [0.29, 0.717) is 26.0 Å². The van der Waals surface area contributed by atoms with Gasteiger partial charge < -0.3 is 9.64 Å². The van der Waals surface area contributed by atoms with Crippen LogP contribution in [0.1, 0.15) is 18.4 Å². The maximum Gasteiger partial charge on any atom is 0.249 e. The Hall–Kier alpha value is -2.04. The van der Waals surface area contributed by atoms with E-state index < -0.39 is 0 Å². The summed E-state index contributed by atoms with van der Waals surface area (Å²) in [7, 11) is 0. The van der Waals surface area contributed by atoms with Crippen LogP contribution in [0.15, 0.2) is 18.2 Å². The molecule has 2 heterocycles. The molecule has 0 aromatic heterocycles. The number of benzene rings is 1. The highest BCUT2D eigenvalue weighted by Gasteiger charge is 2.34. The number of carbonyl (C=O) groups is 2. The first-order chi connectivity index (χ1) is 9.15. The van der Waals surface area contributed by atoms with Crippen LogP contribution in [0.3, 0.4) is 0 Å². The van der Waals surface area contributed by atoms with E-state index in [9.17, 15) is 9.59 Å². The zero-order chi connectivity index (χ0) is 13.4. The molecule has 1 fully saturated rings. The maximum absolute atomic E-state index is 12.0. The lowest BCUT2D eigenvalue weighted by atomic mass is 10.0. The highest BCUT2D eigenvalue weighted by Crippen LogP contribution is 2.34. The van der Waals surface area contributed by atoms with E-state index in [2.05, 4.69) is 5.32 Å². The normalized spacial score (nSPS) is 22.6. The predicted molar refractivity (Wildman–Crippen MR) is 70.2 cm³/mol. The molecule has 1 N–H and O–H groups in total. The molecule has 0 radical (unpaired) electrons. The SMILES string of the molecule is Cc1ccc2c(c1)OCCN2C1CCC(=O)NC1=O. The first kappa shape index (κ1) is 12.0. The summed E-state index contributed by atoms with van der Waals surface area (Å²) in [5, 5.41) is 2.41. The maximum atomic E-state index is 12.0. The molecule has 5 nitrogen and oxygen atoms in total. The van der Waals surface area contributed by atoms with E-state index in [4.69, 9.17) is 4.74 Å². The fraction of sp³-hybridized carbons (Fsp3) is 0.429. The van der Waals surface area contributed by atoms with Crippen molar-refractivity contribution in [3.05, 3.63) is 23.8 Å². The minimum Gasteiger partial charge on any atom is -0.490 e. The van der Waals surface area contributed by atoms with E-state index in [-0.39, 0.29) is 17.9 Å². The molecule has 0 aliphatic carbocycles. The lowest BCUT2D eigenvalue weighted by molar-refractivity contribution is -0.134. The molecule has 1 aromatic rings. The molecule has 100 valence electrons. The van der Waals surface area contributed by atoms with Crippen molar-refractivity contribution >= 4 is 17.5 Å². The van der Waals surface area contributed by atoms with E-state index in [1.165, 1.54) is 0 Å². The number of piperidine rings is 1. The van der Waals surface area contributed by atoms with Gasteiger partial charge in [-0.15, -0.1) is 0 Å². The van der Waals surface area contributed by atoms with E-state index >= 15 is 0 Å². The third kappa shape index (κ3) is 2.16. The van der Waals surface area contributed by atoms with Gasteiger partial charge in [-0.2, -0.15) is 0 Å². The van der Waals surface area contributed by atoms with Crippen LogP contribution in [0.4, 0.5) is 5.69 Å². The van der Waals surface area contributed by atoms with Crippen molar-refractivity contribution in [2.24, 2.45) is 0 Å². The first-order valence-electron chi connectivity index (χ1n) is 6.49. The molecule has 2 aliphatic heterocycles. The van der Waals surface area contributed by atoms with Crippen LogP contribution in [-0.4, -0.2) is 31.0 Å². The molecule has 3 rings (SSSR count). The second-order valence-electron chi connectivity index (χ2n) is 4.98. The largest absolute Gasteiger partial charge is 0.490 e. The average molecular weight is 260 g/mol. The zero-order valence-corrected chi connectivity index (χ0v) is 10.8. The molecule has 1 saturated heterocycles. The number of ether oxygens (including phenoxy) is 1. The highest BCUT2D eigenvalue weighted by molar-refractivity contribution is 6.01. The van der Waals surface area contributed by atoms with Gasteiger partial charge in [0, 0.05) is 6.42 Å². The summed E-state index contributed by atoms with van der Waals surface area (Å²) in [6, 6.07) is 5.69. The molecule has 0 spiro atoms. The first-order valence-corrected chi connectivity index (χ1v) is 6.49. The molecule has 5 heteroatoms. The van der Waals surface area contributed by atoms with E-state index in [0.717, 1.165) is 17.0 Å². The standard InChI is InChI=1S/C14H16N2O3/c1-9-2-3-10-12(8-9)19-7-6-16(10)11-4-5-13(17)15-14(11)18/h2-3,8,11H,4-7H2,1H3,(H,15,17,18). The number of carbonyl (C=O) groups excluding carboxylic acids is 2. The third-order valence-electron chi connectivity index (χ3n) is 3.60. The van der Waals surface area contributed by atoms with E-state index in [1.54, 1.807) is 0 Å². The topological polar surface area (TPSA) is 58.6 Å². The molecule has 0 bridgehead atoms. The number of amides is 2. The summed E-state index contributed by atoms with van der Waals surface area (Å²) >= 11 is 0. The Morgan fingerprint density at radius 3 is 3.00 bits per heavy atom. The van der Waals surface area contributed by atoms with Crippen LogP contribution in [0.2, 0.25) is 0 Å². The van der Waals surface area contributed by atoms with Crippen molar-refractivity contribution in [3.8, 4) is 5.75 Å². The summed E-state index contributed by atoms with van der Waals surface area (Å²) in [6.07, 6.45) is 0.965. The van der Waals surface area contributed by atoms with Crippen molar-refractivity contribution in [2.45, 2.75) is 25.8 Å². The number of aryl methyl sites for hydroxylation is 1. The van der Waals surface area contributed by atoms with Crippen LogP contribution < -0.4 is 15.0 Å². The minimum atomic E-state index is -0.275. The Morgan fingerprint density at radius 2 is 2.21 bits per heavy atom. The smallest absolute Gasteiger partial charge is 0.249 e. The second-order valence-corrected chi connectivity index (χ2v) is 4.98. The minimum absolute atomic E-state index is 0.182. The summed E-state index contributed by atoms with van der Waals surface area (Å²) < 4.78 is 5.64. The Balaban J connectivity index is 1.91. The number of imide groups is 1. The summed E-state index contributed by atoms with van der Waals surface area (Å²) in [6.45, 7) is 3.24. The van der Waals surface area contributed by atoms with Crippen molar-refractivity contribution in [2.75, 3.05) is 18.1 Å². The van der Waals surface area contributed by atoms with Gasteiger partial charge in [-0.25, -0.2) is 0 Å². The summed E-state index contributed by atoms with van der Waals surface area (Å²) in [5.74, 6) is 0.430. The van der Waals surface area contributed by atoms with Crippen LogP contribution in [-0.2, 0) is 9.59 Å². The van der Waals surface area contributed by atoms with Crippen LogP contribution in [0.25, 0.3) is 0 Å². The van der Waals surface area contributed by atoms with Crippen molar-refractivity contribution in [1.82, 2.24) is 5.32 Å². The predicted octanol–water partition coefficient (Wildman–Crippen LogP) is 0.999. The number of hydrogen-bond acceptors (Lipinski definition) is 4. The van der Waals surface area contributed by atoms with Gasteiger partial charge in [-0.3, -0.25) is 14.9 Å². The molecule has 1 unspecified atom stereocenters. The Kier molecular flexibility index (Phi) is 2.89. The Labute approximate surface area is 111 Å². The van der Waals surface area contributed by atoms with E-state index in [1.807, 2.05) is 30.0 Å². The van der Waals surface area contributed by atoms with Crippen LogP contribution >= 0.6 is 0 Å². The monoisotopic (exact) mass is 260 g/mol. The molecule has 1 aromatic carbocycles. The molecule has 19 heavy (non-hydrogen) atoms. The Bertz CT molecular complexity index is 541. The van der Waals surface area contributed by atoms with Crippen molar-refractivity contribution in [1.29, 1.82) is 0 Å². The van der Waals surface area contributed by atoms with Gasteiger partial charge in [0.2, 0.25) is 11.8 Å². The number of hydrogen-bond donors (Lipinski definition) is 1. The van der Waals surface area contributed by atoms with Gasteiger partial charge >= 0.3 is 0 Å². The fourth-order valence-electron chi connectivity index (χ4n) is 2.65. The molecular weight excluding hydrogens is 244 g/mol. The lowest BCUT2D eigenvalue weighted by Crippen LogP contribution is -2.54. The van der Waals surface area contributed by atoms with Gasteiger partial charge in [0.05, 0.1) is 12.2 Å². The lowest BCUT2D eigenvalue weighted by Gasteiger charge is -2.38. The van der Waals surface area contributed by atoms with Gasteiger partial charge in [-0.1, -0.05) is 6.07 Å². The number of fused-ring (bicyclic) bond motifs is 1. The van der Waals surface area contributed by atoms with Crippen LogP contribution in [0.5, 0.6) is 5.75 Å². The Morgan fingerprint density at radius 1 is 1.37 bits per heavy atom. The highest BCUT2D eigenvalue weighted by atomic mass is 16.5. The zero-order valence-electron chi connectivity index (χ0n) is 10.8. The van der Waals surface area contributed by atoms with Crippen molar-refractivity contribution < 1.29 is 14.3 Å². The molecule has 2 aliphatic rings. The van der Waals surface area contributed by atoms with Crippen LogP contribution in [0, 0.1) is 6.92 Å². The molecular formula is C14H16N2O3. The quantitative estimate of drug-likeness (QED) is 0.765. The van der Waals surface area contributed by atoms with Gasteiger partial charge in [0.15, 0.2) is 0 Å². The number of nitrogens with one attached hydrogen (secondary N) is 1. The summed E-state index contributed by atoms with van der Waals surface area (Å²) in [5.41, 5.74) is 2.07. The average Bonchev–Trinajstić information content (AvgIpc) is 2.38. The van der Waals surface area contributed by atoms with Gasteiger partial charge in [-0.05, 0) is 31.0 Å². The number of anilines is 1. The van der Waals surface area contributed by atoms with Crippen molar-refractivity contribution in [3.63, 3.8) is 0 Å². The molecule has 0 saturated carbocycles. The third-order valence-corrected chi connectivity index (χ3v) is 3.60. The number of nitrogens with zero attached hydrogens (tertiary/aromatic N) is 1. The van der Waals surface area contributed by atoms with Gasteiger partial charge in [0.25, 0.3) is 0 Å². The van der Waals surface area contributed by atoms with Gasteiger partial charge in [0.1, 0.15) is 18.4 Å². The second kappa shape index (κ2) is 4.57.